The third kappa shape index (κ3) is 3.44. The van der Waals surface area contributed by atoms with E-state index in [1.807, 2.05) is 16.7 Å². The topological polar surface area (TPSA) is 85.6 Å². The Bertz CT molecular complexity index is 552. The van der Waals surface area contributed by atoms with E-state index < -0.39 is 10.9 Å². The number of carbonyl (C=O) groups excluding carboxylic acids is 1. The summed E-state index contributed by atoms with van der Waals surface area (Å²) in [7, 11) is 1.26. The first-order chi connectivity index (χ1) is 10.1. The van der Waals surface area contributed by atoms with Gasteiger partial charge in [-0.1, -0.05) is 6.92 Å². The summed E-state index contributed by atoms with van der Waals surface area (Å²) >= 11 is 1.86. The predicted octanol–water partition coefficient (Wildman–Crippen LogP) is 2.11. The molecule has 2 rings (SSSR count). The Labute approximate surface area is 126 Å². The summed E-state index contributed by atoms with van der Waals surface area (Å²) in [6, 6.07) is 2.64. The Kier molecular flexibility index (Phi) is 5.00. The zero-order chi connectivity index (χ0) is 15.4. The molecule has 0 aliphatic carbocycles. The molecule has 1 atom stereocenters. The number of rotatable bonds is 4. The molecule has 8 heteroatoms. The zero-order valence-electron chi connectivity index (χ0n) is 11.9. The molecule has 1 aromatic rings. The molecular formula is C13H17N3O4S. The Morgan fingerprint density at radius 2 is 2.38 bits per heavy atom. The smallest absolute Gasteiger partial charge is 0.356 e. The molecule has 0 aromatic carbocycles. The van der Waals surface area contributed by atoms with Gasteiger partial charge in [0, 0.05) is 30.2 Å². The van der Waals surface area contributed by atoms with Gasteiger partial charge < -0.3 is 9.64 Å². The maximum absolute atomic E-state index is 11.6. The second-order valence-corrected chi connectivity index (χ2v) is 6.04. The van der Waals surface area contributed by atoms with Crippen molar-refractivity contribution in [3.05, 3.63) is 27.9 Å². The van der Waals surface area contributed by atoms with E-state index >= 15 is 0 Å². The SMILES string of the molecule is CCC1CN(c2nc(C(=O)OC)ccc2[N+](=O)[O-])CCS1. The Morgan fingerprint density at radius 1 is 1.62 bits per heavy atom. The third-order valence-electron chi connectivity index (χ3n) is 3.34. The molecule has 7 nitrogen and oxygen atoms in total. The van der Waals surface area contributed by atoms with Crippen LogP contribution in [0.2, 0.25) is 0 Å². The van der Waals surface area contributed by atoms with Crippen LogP contribution in [0.3, 0.4) is 0 Å². The summed E-state index contributed by atoms with van der Waals surface area (Å²) in [5.74, 6) is 0.547. The lowest BCUT2D eigenvalue weighted by Gasteiger charge is -2.32. The first-order valence-corrected chi connectivity index (χ1v) is 7.72. The van der Waals surface area contributed by atoms with Gasteiger partial charge in [-0.25, -0.2) is 9.78 Å². The number of hydrogen-bond donors (Lipinski definition) is 0. The van der Waals surface area contributed by atoms with E-state index in [9.17, 15) is 14.9 Å². The molecule has 0 bridgehead atoms. The van der Waals surface area contributed by atoms with Gasteiger partial charge in [0.1, 0.15) is 0 Å². The van der Waals surface area contributed by atoms with Crippen LogP contribution in [-0.4, -0.2) is 47.1 Å². The zero-order valence-corrected chi connectivity index (χ0v) is 12.8. The van der Waals surface area contributed by atoms with Crippen molar-refractivity contribution in [2.24, 2.45) is 0 Å². The predicted molar refractivity (Wildman–Crippen MR) is 81.0 cm³/mol. The molecule has 2 heterocycles. The maximum atomic E-state index is 11.6. The number of thioether (sulfide) groups is 1. The molecule has 1 aliphatic rings. The fourth-order valence-electron chi connectivity index (χ4n) is 2.19. The fraction of sp³-hybridized carbons (Fsp3) is 0.538. The number of anilines is 1. The first-order valence-electron chi connectivity index (χ1n) is 6.67. The highest BCUT2D eigenvalue weighted by atomic mass is 32.2. The van der Waals surface area contributed by atoms with Crippen LogP contribution in [-0.2, 0) is 4.74 Å². The van der Waals surface area contributed by atoms with Crippen molar-refractivity contribution in [2.45, 2.75) is 18.6 Å². The Balaban J connectivity index is 2.38. The number of nitro groups is 1. The summed E-state index contributed by atoms with van der Waals surface area (Å²) < 4.78 is 4.63. The van der Waals surface area contributed by atoms with Gasteiger partial charge >= 0.3 is 11.7 Å². The monoisotopic (exact) mass is 311 g/mol. The largest absolute Gasteiger partial charge is 0.464 e. The first kappa shape index (κ1) is 15.6. The van der Waals surface area contributed by atoms with E-state index in [1.165, 1.54) is 19.2 Å². The van der Waals surface area contributed by atoms with Crippen LogP contribution >= 0.6 is 11.8 Å². The van der Waals surface area contributed by atoms with Crippen molar-refractivity contribution in [3.63, 3.8) is 0 Å². The van der Waals surface area contributed by atoms with Crippen molar-refractivity contribution in [3.8, 4) is 0 Å². The lowest BCUT2D eigenvalue weighted by Crippen LogP contribution is -2.38. The van der Waals surface area contributed by atoms with Crippen molar-refractivity contribution in [1.82, 2.24) is 4.98 Å². The van der Waals surface area contributed by atoms with E-state index in [-0.39, 0.29) is 17.2 Å². The summed E-state index contributed by atoms with van der Waals surface area (Å²) in [5.41, 5.74) is 0.00813. The molecule has 0 saturated carbocycles. The highest BCUT2D eigenvalue weighted by molar-refractivity contribution is 8.00. The minimum atomic E-state index is -0.593. The molecule has 1 unspecified atom stereocenters. The van der Waals surface area contributed by atoms with Crippen LogP contribution in [0.25, 0.3) is 0 Å². The van der Waals surface area contributed by atoms with E-state index in [4.69, 9.17) is 0 Å². The van der Waals surface area contributed by atoms with E-state index in [2.05, 4.69) is 16.6 Å². The average molecular weight is 311 g/mol. The normalized spacial score (nSPS) is 18.4. The summed E-state index contributed by atoms with van der Waals surface area (Å²) in [6.45, 7) is 3.47. The summed E-state index contributed by atoms with van der Waals surface area (Å²) in [6.07, 6.45) is 0.992. The Hall–Kier alpha value is -1.83. The van der Waals surface area contributed by atoms with Gasteiger partial charge in [0.2, 0.25) is 5.82 Å². The van der Waals surface area contributed by atoms with Gasteiger partial charge in [-0.2, -0.15) is 11.8 Å². The van der Waals surface area contributed by atoms with Crippen LogP contribution in [0.5, 0.6) is 0 Å². The molecular weight excluding hydrogens is 294 g/mol. The van der Waals surface area contributed by atoms with Crippen LogP contribution in [0, 0.1) is 10.1 Å². The lowest BCUT2D eigenvalue weighted by atomic mass is 10.2. The van der Waals surface area contributed by atoms with E-state index in [0.717, 1.165) is 12.2 Å². The molecule has 0 N–H and O–H groups in total. The number of esters is 1. The molecule has 0 amide bonds. The lowest BCUT2D eigenvalue weighted by molar-refractivity contribution is -0.384. The number of carbonyl (C=O) groups is 1. The van der Waals surface area contributed by atoms with Crippen LogP contribution in [0.4, 0.5) is 11.5 Å². The van der Waals surface area contributed by atoms with Gasteiger partial charge in [-0.05, 0) is 12.5 Å². The van der Waals surface area contributed by atoms with Crippen molar-refractivity contribution in [1.29, 1.82) is 0 Å². The van der Waals surface area contributed by atoms with Crippen LogP contribution in [0.15, 0.2) is 12.1 Å². The van der Waals surface area contributed by atoms with Gasteiger partial charge in [0.15, 0.2) is 5.69 Å². The van der Waals surface area contributed by atoms with Crippen LogP contribution < -0.4 is 4.90 Å². The number of ether oxygens (including phenoxy) is 1. The molecule has 0 spiro atoms. The van der Waals surface area contributed by atoms with E-state index in [1.54, 1.807) is 0 Å². The van der Waals surface area contributed by atoms with Gasteiger partial charge in [-0.3, -0.25) is 10.1 Å². The number of methoxy groups -OCH3 is 1. The summed E-state index contributed by atoms with van der Waals surface area (Å²) in [5, 5.41) is 11.6. The minimum absolute atomic E-state index is 0.0793. The van der Waals surface area contributed by atoms with E-state index in [0.29, 0.717) is 18.3 Å². The van der Waals surface area contributed by atoms with Crippen LogP contribution in [0.1, 0.15) is 23.8 Å². The highest BCUT2D eigenvalue weighted by Gasteiger charge is 2.27. The fourth-order valence-corrected chi connectivity index (χ4v) is 3.37. The van der Waals surface area contributed by atoms with Gasteiger partial charge in [0.05, 0.1) is 12.0 Å². The maximum Gasteiger partial charge on any atom is 0.356 e. The molecule has 114 valence electrons. The second-order valence-electron chi connectivity index (χ2n) is 4.63. The van der Waals surface area contributed by atoms with Crippen molar-refractivity contribution >= 4 is 29.2 Å². The highest BCUT2D eigenvalue weighted by Crippen LogP contribution is 2.31. The molecule has 1 aromatic heterocycles. The number of pyridine rings is 1. The number of nitrogens with zero attached hydrogens (tertiary/aromatic N) is 3. The number of aromatic nitrogens is 1. The van der Waals surface area contributed by atoms with Gasteiger partial charge in [-0.15, -0.1) is 0 Å². The molecule has 1 saturated heterocycles. The molecule has 1 aliphatic heterocycles. The average Bonchev–Trinajstić information content (AvgIpc) is 2.53. The van der Waals surface area contributed by atoms with Gasteiger partial charge in [0.25, 0.3) is 0 Å². The Morgan fingerprint density at radius 3 is 3.00 bits per heavy atom. The number of hydrogen-bond acceptors (Lipinski definition) is 7. The van der Waals surface area contributed by atoms with Crippen molar-refractivity contribution < 1.29 is 14.5 Å². The second kappa shape index (κ2) is 6.75. The molecule has 0 radical (unpaired) electrons. The quantitative estimate of drug-likeness (QED) is 0.478. The molecule has 21 heavy (non-hydrogen) atoms. The van der Waals surface area contributed by atoms with Crippen molar-refractivity contribution in [2.75, 3.05) is 30.9 Å². The third-order valence-corrected chi connectivity index (χ3v) is 4.71. The standard InChI is InChI=1S/C13H17N3O4S/c1-3-9-8-15(6-7-21-9)12-11(16(18)19)5-4-10(14-12)13(17)20-2/h4-5,9H,3,6-8H2,1-2H3. The minimum Gasteiger partial charge on any atom is -0.464 e. The summed E-state index contributed by atoms with van der Waals surface area (Å²) in [4.78, 5) is 28.3. The molecule has 1 fully saturated rings.